The van der Waals surface area contributed by atoms with E-state index in [1.807, 2.05) is 0 Å². The Labute approximate surface area is 179 Å². The Morgan fingerprint density at radius 3 is 2.57 bits per heavy atom. The lowest BCUT2D eigenvalue weighted by Crippen LogP contribution is -2.45. The van der Waals surface area contributed by atoms with Crippen molar-refractivity contribution in [3.63, 3.8) is 0 Å². The lowest BCUT2D eigenvalue weighted by molar-refractivity contribution is -0.127. The molecule has 1 atom stereocenters. The second kappa shape index (κ2) is 8.23. The number of aromatic nitrogens is 1. The molecule has 11 heteroatoms. The molecule has 0 saturated heterocycles. The van der Waals surface area contributed by atoms with E-state index in [9.17, 15) is 18.4 Å². The van der Waals surface area contributed by atoms with Crippen LogP contribution >= 0.6 is 23.2 Å². The Kier molecular flexibility index (Phi) is 5.66. The maximum absolute atomic E-state index is 12.9. The van der Waals surface area contributed by atoms with Crippen LogP contribution in [0.4, 0.5) is 20.2 Å². The number of carbonyl (C=O) groups excluding carboxylic acids is 2. The standard InChI is InChI=1S/C19H15Cl2F2N3O4/c20-10-6-24-7-11(21)14(10)26-17(27)9-4-5-12(29-19(22)23)16-13(9)25-18(28)15(30-16)8-2-1-3-8/h4-8,15,19H,1-3H2,(H,25,28)(H,24,26,27)/t15-/m1/s1. The summed E-state index contributed by atoms with van der Waals surface area (Å²) in [7, 11) is 0. The molecule has 2 N–H and O–H groups in total. The Balaban J connectivity index is 1.71. The number of alkyl halides is 2. The van der Waals surface area contributed by atoms with Gasteiger partial charge in [0.2, 0.25) is 0 Å². The zero-order valence-corrected chi connectivity index (χ0v) is 16.8. The Hall–Kier alpha value is -2.65. The summed E-state index contributed by atoms with van der Waals surface area (Å²) in [5.41, 5.74) is 0.0267. The molecule has 4 rings (SSSR count). The molecular formula is C19H15Cl2F2N3O4. The molecule has 2 aliphatic rings. The van der Waals surface area contributed by atoms with E-state index in [-0.39, 0.29) is 44.4 Å². The molecule has 0 bridgehead atoms. The van der Waals surface area contributed by atoms with Crippen molar-refractivity contribution >= 4 is 46.4 Å². The van der Waals surface area contributed by atoms with E-state index >= 15 is 0 Å². The fraction of sp³-hybridized carbons (Fsp3) is 0.316. The van der Waals surface area contributed by atoms with E-state index in [2.05, 4.69) is 20.4 Å². The van der Waals surface area contributed by atoms with Gasteiger partial charge in [0.25, 0.3) is 11.8 Å². The highest BCUT2D eigenvalue weighted by Crippen LogP contribution is 2.45. The van der Waals surface area contributed by atoms with Crippen molar-refractivity contribution in [2.45, 2.75) is 32.0 Å². The summed E-state index contributed by atoms with van der Waals surface area (Å²) in [6, 6.07) is 2.42. The highest BCUT2D eigenvalue weighted by Gasteiger charge is 2.40. The summed E-state index contributed by atoms with van der Waals surface area (Å²) in [5, 5.41) is 5.36. The van der Waals surface area contributed by atoms with Gasteiger partial charge in [0.05, 0.1) is 21.3 Å². The summed E-state index contributed by atoms with van der Waals surface area (Å²) in [6.45, 7) is -3.11. The molecule has 1 fully saturated rings. The molecule has 0 radical (unpaired) electrons. The van der Waals surface area contributed by atoms with E-state index in [1.165, 1.54) is 24.5 Å². The molecule has 2 amide bonds. The van der Waals surface area contributed by atoms with Crippen LogP contribution in [-0.4, -0.2) is 29.5 Å². The fourth-order valence-corrected chi connectivity index (χ4v) is 3.78. The number of fused-ring (bicyclic) bond motifs is 1. The molecular weight excluding hydrogens is 443 g/mol. The van der Waals surface area contributed by atoms with Crippen molar-refractivity contribution in [1.82, 2.24) is 4.98 Å². The van der Waals surface area contributed by atoms with Gasteiger partial charge in [-0.25, -0.2) is 0 Å². The summed E-state index contributed by atoms with van der Waals surface area (Å²) < 4.78 is 36.0. The lowest BCUT2D eigenvalue weighted by Gasteiger charge is -2.36. The van der Waals surface area contributed by atoms with Crippen molar-refractivity contribution in [3.8, 4) is 11.5 Å². The Morgan fingerprint density at radius 1 is 1.27 bits per heavy atom. The van der Waals surface area contributed by atoms with Crippen LogP contribution in [0.3, 0.4) is 0 Å². The number of rotatable bonds is 5. The molecule has 158 valence electrons. The summed E-state index contributed by atoms with van der Waals surface area (Å²) in [4.78, 5) is 29.2. The second-order valence-corrected chi connectivity index (χ2v) is 7.66. The van der Waals surface area contributed by atoms with E-state index in [0.717, 1.165) is 19.3 Å². The zero-order valence-electron chi connectivity index (χ0n) is 15.3. The van der Waals surface area contributed by atoms with Gasteiger partial charge in [-0.15, -0.1) is 0 Å². The molecule has 2 heterocycles. The zero-order chi connectivity index (χ0) is 21.4. The van der Waals surface area contributed by atoms with Gasteiger partial charge < -0.3 is 20.1 Å². The van der Waals surface area contributed by atoms with Gasteiger partial charge in [-0.3, -0.25) is 14.6 Å². The number of amides is 2. The minimum Gasteiger partial charge on any atom is -0.474 e. The molecule has 1 aliphatic heterocycles. The van der Waals surface area contributed by atoms with Crippen molar-refractivity contribution < 1.29 is 27.8 Å². The van der Waals surface area contributed by atoms with E-state index in [0.29, 0.717) is 0 Å². The highest BCUT2D eigenvalue weighted by molar-refractivity contribution is 6.39. The summed E-state index contributed by atoms with van der Waals surface area (Å²) in [6.07, 6.45) is 4.29. The Bertz CT molecular complexity index is 997. The van der Waals surface area contributed by atoms with Crippen LogP contribution in [0.2, 0.25) is 10.0 Å². The van der Waals surface area contributed by atoms with Crippen LogP contribution in [-0.2, 0) is 4.79 Å². The third kappa shape index (κ3) is 3.87. The highest BCUT2D eigenvalue weighted by atomic mass is 35.5. The van der Waals surface area contributed by atoms with Gasteiger partial charge in [-0.05, 0) is 25.0 Å². The van der Waals surface area contributed by atoms with E-state index in [4.69, 9.17) is 27.9 Å². The van der Waals surface area contributed by atoms with Crippen LogP contribution < -0.4 is 20.1 Å². The molecule has 7 nitrogen and oxygen atoms in total. The fourth-order valence-electron chi connectivity index (χ4n) is 3.32. The maximum Gasteiger partial charge on any atom is 0.387 e. The van der Waals surface area contributed by atoms with E-state index < -0.39 is 24.5 Å². The lowest BCUT2D eigenvalue weighted by atomic mass is 9.80. The van der Waals surface area contributed by atoms with Crippen molar-refractivity contribution in [2.75, 3.05) is 10.6 Å². The minimum atomic E-state index is -3.11. The minimum absolute atomic E-state index is 0.0236. The largest absolute Gasteiger partial charge is 0.474 e. The van der Waals surface area contributed by atoms with Gasteiger partial charge >= 0.3 is 6.61 Å². The van der Waals surface area contributed by atoms with Crippen molar-refractivity contribution in [2.24, 2.45) is 5.92 Å². The van der Waals surface area contributed by atoms with Crippen LogP contribution in [0.5, 0.6) is 11.5 Å². The van der Waals surface area contributed by atoms with Gasteiger partial charge in [-0.1, -0.05) is 29.6 Å². The van der Waals surface area contributed by atoms with Crippen molar-refractivity contribution in [1.29, 1.82) is 0 Å². The number of nitrogens with zero attached hydrogens (tertiary/aromatic N) is 1. The number of carbonyl (C=O) groups is 2. The maximum atomic E-state index is 12.9. The van der Waals surface area contributed by atoms with Crippen molar-refractivity contribution in [3.05, 3.63) is 40.1 Å². The Morgan fingerprint density at radius 2 is 1.97 bits per heavy atom. The second-order valence-electron chi connectivity index (χ2n) is 6.84. The number of anilines is 2. The molecule has 0 unspecified atom stereocenters. The van der Waals surface area contributed by atoms with Crippen LogP contribution in [0.25, 0.3) is 0 Å². The van der Waals surface area contributed by atoms with Gasteiger partial charge in [-0.2, -0.15) is 8.78 Å². The number of halogens is 4. The number of hydrogen-bond donors (Lipinski definition) is 2. The number of nitrogens with one attached hydrogen (secondary N) is 2. The van der Waals surface area contributed by atoms with Crippen LogP contribution in [0, 0.1) is 5.92 Å². The first-order valence-corrected chi connectivity index (χ1v) is 9.80. The van der Waals surface area contributed by atoms with Gasteiger partial charge in [0.1, 0.15) is 5.69 Å². The molecule has 2 aromatic rings. The average Bonchev–Trinajstić information content (AvgIpc) is 2.64. The SMILES string of the molecule is O=C(Nc1c(Cl)cncc1Cl)c1ccc(OC(F)F)c2c1NC(=O)[C@@H](C1CCC1)O2. The monoisotopic (exact) mass is 457 g/mol. The summed E-state index contributed by atoms with van der Waals surface area (Å²) in [5.74, 6) is -1.55. The molecule has 30 heavy (non-hydrogen) atoms. The third-order valence-electron chi connectivity index (χ3n) is 5.00. The summed E-state index contributed by atoms with van der Waals surface area (Å²) >= 11 is 12.1. The van der Waals surface area contributed by atoms with Gasteiger partial charge in [0.15, 0.2) is 17.6 Å². The quantitative estimate of drug-likeness (QED) is 0.676. The normalized spacial score (nSPS) is 18.2. The van der Waals surface area contributed by atoms with Crippen LogP contribution in [0.1, 0.15) is 29.6 Å². The molecule has 1 aromatic heterocycles. The van der Waals surface area contributed by atoms with E-state index in [1.54, 1.807) is 0 Å². The first-order valence-electron chi connectivity index (χ1n) is 9.05. The number of benzene rings is 1. The number of hydrogen-bond acceptors (Lipinski definition) is 5. The third-order valence-corrected chi connectivity index (χ3v) is 5.58. The number of pyridine rings is 1. The van der Waals surface area contributed by atoms with Crippen LogP contribution in [0.15, 0.2) is 24.5 Å². The first kappa shape index (κ1) is 20.6. The predicted molar refractivity (Wildman–Crippen MR) is 106 cm³/mol. The molecule has 1 aromatic carbocycles. The first-order chi connectivity index (χ1) is 14.3. The number of ether oxygens (including phenoxy) is 2. The van der Waals surface area contributed by atoms with Gasteiger partial charge in [0, 0.05) is 18.3 Å². The average molecular weight is 458 g/mol. The predicted octanol–water partition coefficient (Wildman–Crippen LogP) is 4.74. The molecule has 1 saturated carbocycles. The topological polar surface area (TPSA) is 89.5 Å². The smallest absolute Gasteiger partial charge is 0.387 e. The molecule has 0 spiro atoms. The molecule has 1 aliphatic carbocycles.